The summed E-state index contributed by atoms with van der Waals surface area (Å²) in [5.74, 6) is 0.471. The predicted octanol–water partition coefficient (Wildman–Crippen LogP) is 6.25. The lowest BCUT2D eigenvalue weighted by molar-refractivity contribution is 0.0583. The van der Waals surface area contributed by atoms with E-state index < -0.39 is 16.1 Å². The monoisotopic (exact) mass is 663 g/mol. The summed E-state index contributed by atoms with van der Waals surface area (Å²) in [6.45, 7) is 8.31. The first-order valence-electron chi connectivity index (χ1n) is 15.8. The molecule has 1 aliphatic heterocycles. The van der Waals surface area contributed by atoms with Crippen LogP contribution < -0.4 is 9.46 Å². The first-order valence-corrected chi connectivity index (χ1v) is 17.3. The number of anilines is 1. The van der Waals surface area contributed by atoms with Crippen LogP contribution in [0.25, 0.3) is 17.0 Å². The molecule has 1 atom stereocenters. The first kappa shape index (κ1) is 31.3. The van der Waals surface area contributed by atoms with Crippen molar-refractivity contribution in [1.82, 2.24) is 29.2 Å². The topological polar surface area (TPSA) is 132 Å². The Labute approximate surface area is 280 Å². The summed E-state index contributed by atoms with van der Waals surface area (Å²) < 4.78 is 38.1. The Morgan fingerprint density at radius 3 is 2.54 bits per heavy atom. The van der Waals surface area contributed by atoms with E-state index in [0.29, 0.717) is 23.6 Å². The number of carbonyl (C=O) groups excluding carboxylic acids is 1. The molecular weight excluding hydrogens is 627 g/mol. The minimum atomic E-state index is -4.18. The van der Waals surface area contributed by atoms with E-state index in [4.69, 9.17) is 9.72 Å². The molecule has 48 heavy (non-hydrogen) atoms. The molecule has 1 amide bonds. The van der Waals surface area contributed by atoms with Crippen molar-refractivity contribution in [3.63, 3.8) is 0 Å². The number of carbonyl (C=O) groups is 1. The Morgan fingerprint density at radius 2 is 1.81 bits per heavy atom. The molecule has 0 spiro atoms. The van der Waals surface area contributed by atoms with Crippen molar-refractivity contribution >= 4 is 27.7 Å². The number of hydrogen-bond acceptors (Lipinski definition) is 8. The van der Waals surface area contributed by atoms with Crippen molar-refractivity contribution in [2.45, 2.75) is 63.9 Å². The van der Waals surface area contributed by atoms with Crippen LogP contribution in [0, 0.1) is 13.8 Å². The lowest BCUT2D eigenvalue weighted by atomic mass is 9.97. The highest BCUT2D eigenvalue weighted by Crippen LogP contribution is 2.31. The third-order valence-electron chi connectivity index (χ3n) is 8.65. The van der Waals surface area contributed by atoms with Gasteiger partial charge in [0.15, 0.2) is 0 Å². The number of rotatable bonds is 6. The first-order chi connectivity index (χ1) is 23.0. The maximum Gasteiger partial charge on any atom is 0.264 e. The van der Waals surface area contributed by atoms with Gasteiger partial charge in [0, 0.05) is 37.4 Å². The minimum absolute atomic E-state index is 0. The molecular formula is C36H37N7O4S. The quantitative estimate of drug-likeness (QED) is 0.211. The van der Waals surface area contributed by atoms with Gasteiger partial charge in [0.05, 0.1) is 34.6 Å². The Hall–Kier alpha value is -5.32. The summed E-state index contributed by atoms with van der Waals surface area (Å²) >= 11 is 0. The van der Waals surface area contributed by atoms with E-state index in [2.05, 4.69) is 39.3 Å². The maximum atomic E-state index is 14.4. The molecule has 1 aliphatic carbocycles. The van der Waals surface area contributed by atoms with Gasteiger partial charge in [-0.2, -0.15) is 4.98 Å². The average molecular weight is 664 g/mol. The van der Waals surface area contributed by atoms with Crippen molar-refractivity contribution in [2.75, 3.05) is 11.3 Å². The van der Waals surface area contributed by atoms with Crippen molar-refractivity contribution < 1.29 is 19.4 Å². The molecule has 0 fully saturated rings. The van der Waals surface area contributed by atoms with E-state index in [1.807, 2.05) is 61.0 Å². The van der Waals surface area contributed by atoms with Crippen LogP contribution in [-0.2, 0) is 16.6 Å². The number of benzene rings is 2. The Kier molecular flexibility index (Phi) is 8.06. The number of sulfonamides is 1. The van der Waals surface area contributed by atoms with Crippen LogP contribution in [-0.4, -0.2) is 56.2 Å². The smallest absolute Gasteiger partial charge is 0.264 e. The van der Waals surface area contributed by atoms with Crippen molar-refractivity contribution in [3.05, 3.63) is 112 Å². The van der Waals surface area contributed by atoms with Gasteiger partial charge in [-0.3, -0.25) is 9.20 Å². The lowest BCUT2D eigenvalue weighted by Crippen LogP contribution is -2.44. The van der Waals surface area contributed by atoms with Crippen LogP contribution in [0.15, 0.2) is 89.3 Å². The average Bonchev–Trinajstić information content (AvgIpc) is 3.46. The summed E-state index contributed by atoms with van der Waals surface area (Å²) in [7, 11) is -4.18. The van der Waals surface area contributed by atoms with E-state index in [0.717, 1.165) is 34.4 Å². The van der Waals surface area contributed by atoms with Gasteiger partial charge in [-0.25, -0.2) is 28.1 Å². The molecule has 0 saturated carbocycles. The van der Waals surface area contributed by atoms with E-state index in [1.54, 1.807) is 23.1 Å². The molecule has 12 heteroatoms. The number of imidazole rings is 1. The Morgan fingerprint density at radius 1 is 1.04 bits per heavy atom. The number of aromatic nitrogens is 5. The summed E-state index contributed by atoms with van der Waals surface area (Å²) in [4.78, 5) is 34.6. The molecule has 2 aliphatic rings. The van der Waals surface area contributed by atoms with Crippen LogP contribution in [0.4, 0.5) is 5.95 Å². The summed E-state index contributed by atoms with van der Waals surface area (Å²) in [6.07, 6.45) is 7.07. The molecule has 0 radical (unpaired) electrons. The zero-order valence-corrected chi connectivity index (χ0v) is 28.0. The third kappa shape index (κ3) is 6.20. The fourth-order valence-electron chi connectivity index (χ4n) is 5.98. The zero-order chi connectivity index (χ0) is 33.6. The van der Waals surface area contributed by atoms with Gasteiger partial charge in [0.2, 0.25) is 17.6 Å². The number of hydrogen-bond donors (Lipinski definition) is 1. The molecule has 0 saturated heterocycles. The lowest BCUT2D eigenvalue weighted by Gasteiger charge is -2.32. The number of aryl methyl sites for hydroxylation is 2. The van der Waals surface area contributed by atoms with Crippen LogP contribution >= 0.6 is 0 Å². The second-order valence-electron chi connectivity index (χ2n) is 12.5. The van der Waals surface area contributed by atoms with Crippen LogP contribution in [0.5, 0.6) is 5.88 Å². The second-order valence-corrected chi connectivity index (χ2v) is 14.2. The number of nitrogens with one attached hydrogen (secondary N) is 1. The molecule has 4 heterocycles. The summed E-state index contributed by atoms with van der Waals surface area (Å²) in [5.41, 5.74) is 9.39. The zero-order valence-electron chi connectivity index (χ0n) is 27.1. The fourth-order valence-corrected chi connectivity index (χ4v) is 6.97. The van der Waals surface area contributed by atoms with Crippen LogP contribution in [0.2, 0.25) is 0 Å². The normalized spacial score (nSPS) is 17.1. The third-order valence-corrected chi connectivity index (χ3v) is 9.97. The number of nitrogens with zero attached hydrogens (tertiary/aromatic N) is 6. The molecule has 246 valence electrons. The number of amides is 1. The molecule has 3 aromatic heterocycles. The van der Waals surface area contributed by atoms with Gasteiger partial charge in [-0.1, -0.05) is 38.1 Å². The van der Waals surface area contributed by atoms with Gasteiger partial charge in [0.25, 0.3) is 15.9 Å². The van der Waals surface area contributed by atoms with Gasteiger partial charge < -0.3 is 9.64 Å². The number of fused-ring (bicyclic) bond motifs is 5. The van der Waals surface area contributed by atoms with Gasteiger partial charge in [-0.05, 0) is 73.2 Å². The fraction of sp³-hybridized carbons (Fsp3) is 0.278. The van der Waals surface area contributed by atoms with E-state index in [-0.39, 0.29) is 48.7 Å². The van der Waals surface area contributed by atoms with Crippen molar-refractivity contribution in [2.24, 2.45) is 0 Å². The second kappa shape index (κ2) is 12.4. The van der Waals surface area contributed by atoms with Crippen LogP contribution in [0.1, 0.15) is 66.9 Å². The molecule has 2 aromatic carbocycles. The minimum Gasteiger partial charge on any atom is -0.475 e. The van der Waals surface area contributed by atoms with E-state index in [9.17, 15) is 13.2 Å². The maximum absolute atomic E-state index is 14.4. The Bertz CT molecular complexity index is 2240. The van der Waals surface area contributed by atoms with E-state index in [1.165, 1.54) is 12.1 Å². The molecule has 5 aromatic rings. The van der Waals surface area contributed by atoms with Crippen molar-refractivity contribution in [3.8, 4) is 17.1 Å². The van der Waals surface area contributed by atoms with Gasteiger partial charge in [0.1, 0.15) is 6.61 Å². The SMILES string of the molecule is Cc1cccc(C)c1-c1cc2nc(n1)NS(=O)(=O)c1cccc(c1)C(=O)N(Cc1ccn3cc(C(C)C)nc3n1)[C@H](CC1=C=CC1)CO2.[HH]. The highest BCUT2D eigenvalue weighted by molar-refractivity contribution is 7.92. The highest BCUT2D eigenvalue weighted by Gasteiger charge is 2.30. The molecule has 7 rings (SSSR count). The van der Waals surface area contributed by atoms with Crippen molar-refractivity contribution in [1.29, 1.82) is 0 Å². The predicted molar refractivity (Wildman–Crippen MR) is 183 cm³/mol. The largest absolute Gasteiger partial charge is 0.475 e. The Balaban J connectivity index is 0.00000417. The molecule has 0 unspecified atom stereocenters. The van der Waals surface area contributed by atoms with Gasteiger partial charge in [-0.15, -0.1) is 5.73 Å². The standard InChI is InChI=1S/C36H35N7O4S.H2/c1-22(2)31-20-42-15-14-27(37-36(42)39-31)19-43-28(16-25-10-6-11-25)21-47-32-18-30(33-23(3)8-5-9-24(33)4)38-35(40-32)41-48(45,46)29-13-7-12-26(17-29)34(43)44;/h5-9,12-15,17-18,20,22,28H,10,16,19,21H2,1-4H3,(H,38,40,41);1H/t28-;/m1./s1. The molecule has 4 bridgehead atoms. The highest BCUT2D eigenvalue weighted by atomic mass is 32.2. The van der Waals surface area contributed by atoms with E-state index >= 15 is 0 Å². The molecule has 11 nitrogen and oxygen atoms in total. The van der Waals surface area contributed by atoms with Crippen LogP contribution in [0.3, 0.4) is 0 Å². The summed E-state index contributed by atoms with van der Waals surface area (Å²) in [6, 6.07) is 15.0. The summed E-state index contributed by atoms with van der Waals surface area (Å²) in [5, 5.41) is 0. The number of ether oxygens (including phenoxy) is 1. The van der Waals surface area contributed by atoms with Gasteiger partial charge >= 0.3 is 0 Å². The molecule has 1 N–H and O–H groups in total.